The third-order valence-electron chi connectivity index (χ3n) is 4.69. The molecule has 3 rings (SSSR count). The van der Waals surface area contributed by atoms with Gasteiger partial charge in [-0.1, -0.05) is 19.8 Å². The van der Waals surface area contributed by atoms with E-state index < -0.39 is 10.0 Å². The second-order valence-electron chi connectivity index (χ2n) is 6.55. The molecule has 124 valence electrons. The Balaban J connectivity index is 1.67. The van der Waals surface area contributed by atoms with E-state index in [0.29, 0.717) is 19.1 Å². The molecule has 0 radical (unpaired) electrons. The van der Waals surface area contributed by atoms with Crippen LogP contribution in [0.2, 0.25) is 0 Å². The van der Waals surface area contributed by atoms with Gasteiger partial charge in [-0.3, -0.25) is 0 Å². The van der Waals surface area contributed by atoms with Crippen molar-refractivity contribution in [2.24, 2.45) is 0 Å². The molecule has 6 nitrogen and oxygen atoms in total. The minimum atomic E-state index is -3.12. The second kappa shape index (κ2) is 6.66. The lowest BCUT2D eigenvalue weighted by atomic mass is 9.99. The molecule has 2 fully saturated rings. The maximum atomic E-state index is 12.5. The Labute approximate surface area is 133 Å². The maximum absolute atomic E-state index is 12.5. The average molecular weight is 326 g/mol. The number of unbranched alkanes of at least 4 members (excludes halogenated alkanes) is 2. The SMILES string of the molecule is CCCCCS(=O)(=O)N1CCC[C@H](c2nncn2C2CC2)C1. The van der Waals surface area contributed by atoms with Crippen LogP contribution in [0.4, 0.5) is 0 Å². The molecule has 2 heterocycles. The van der Waals surface area contributed by atoms with E-state index in [-0.39, 0.29) is 11.7 Å². The number of hydrogen-bond donors (Lipinski definition) is 0. The van der Waals surface area contributed by atoms with Crippen LogP contribution in [0, 0.1) is 0 Å². The summed E-state index contributed by atoms with van der Waals surface area (Å²) < 4.78 is 28.8. The van der Waals surface area contributed by atoms with E-state index in [1.54, 1.807) is 4.31 Å². The summed E-state index contributed by atoms with van der Waals surface area (Å²) in [5.74, 6) is 1.46. The maximum Gasteiger partial charge on any atom is 0.214 e. The van der Waals surface area contributed by atoms with Crippen LogP contribution in [0.5, 0.6) is 0 Å². The highest BCUT2D eigenvalue weighted by Crippen LogP contribution is 2.38. The van der Waals surface area contributed by atoms with Crippen molar-refractivity contribution in [3.8, 4) is 0 Å². The van der Waals surface area contributed by atoms with Crippen LogP contribution in [0.3, 0.4) is 0 Å². The minimum Gasteiger partial charge on any atom is -0.314 e. The Morgan fingerprint density at radius 3 is 2.82 bits per heavy atom. The van der Waals surface area contributed by atoms with Gasteiger partial charge in [0.05, 0.1) is 5.75 Å². The average Bonchev–Trinajstić information content (AvgIpc) is 3.24. The molecule has 0 aromatic carbocycles. The molecular formula is C15H26N4O2S. The predicted molar refractivity (Wildman–Crippen MR) is 85.2 cm³/mol. The van der Waals surface area contributed by atoms with Crippen molar-refractivity contribution in [1.82, 2.24) is 19.1 Å². The lowest BCUT2D eigenvalue weighted by Gasteiger charge is -2.31. The largest absolute Gasteiger partial charge is 0.314 e. The first-order chi connectivity index (χ1) is 10.6. The van der Waals surface area contributed by atoms with Gasteiger partial charge in [0.1, 0.15) is 12.2 Å². The van der Waals surface area contributed by atoms with Gasteiger partial charge in [-0.25, -0.2) is 12.7 Å². The van der Waals surface area contributed by atoms with Crippen molar-refractivity contribution in [3.63, 3.8) is 0 Å². The molecule has 0 bridgehead atoms. The number of piperidine rings is 1. The van der Waals surface area contributed by atoms with Gasteiger partial charge in [-0.15, -0.1) is 10.2 Å². The highest BCUT2D eigenvalue weighted by molar-refractivity contribution is 7.89. The highest BCUT2D eigenvalue weighted by Gasteiger charge is 2.34. The van der Waals surface area contributed by atoms with Crippen molar-refractivity contribution >= 4 is 10.0 Å². The summed E-state index contributed by atoms with van der Waals surface area (Å²) in [6, 6.07) is 0.543. The molecule has 0 spiro atoms. The quantitative estimate of drug-likeness (QED) is 0.721. The summed E-state index contributed by atoms with van der Waals surface area (Å²) in [5.41, 5.74) is 0. The highest BCUT2D eigenvalue weighted by atomic mass is 32.2. The normalized spacial score (nSPS) is 23.8. The lowest BCUT2D eigenvalue weighted by molar-refractivity contribution is 0.304. The Morgan fingerprint density at radius 2 is 2.09 bits per heavy atom. The molecule has 1 atom stereocenters. The Kier molecular flexibility index (Phi) is 4.82. The van der Waals surface area contributed by atoms with Crippen LogP contribution in [0.25, 0.3) is 0 Å². The first kappa shape index (κ1) is 15.9. The summed E-state index contributed by atoms with van der Waals surface area (Å²) in [5, 5.41) is 8.34. The summed E-state index contributed by atoms with van der Waals surface area (Å²) in [6.07, 6.45) is 8.89. The fraction of sp³-hybridized carbons (Fsp3) is 0.867. The minimum absolute atomic E-state index is 0.192. The fourth-order valence-electron chi connectivity index (χ4n) is 3.25. The molecule has 0 amide bonds. The first-order valence-corrected chi connectivity index (χ1v) is 10.1. The molecule has 1 saturated heterocycles. The van der Waals surface area contributed by atoms with Crippen LogP contribution in [0.1, 0.15) is 69.7 Å². The van der Waals surface area contributed by atoms with Gasteiger partial charge in [0.25, 0.3) is 0 Å². The van der Waals surface area contributed by atoms with Crippen LogP contribution in [-0.4, -0.2) is 46.3 Å². The van der Waals surface area contributed by atoms with E-state index in [1.165, 1.54) is 12.8 Å². The van der Waals surface area contributed by atoms with Crippen molar-refractivity contribution in [2.75, 3.05) is 18.8 Å². The summed E-state index contributed by atoms with van der Waals surface area (Å²) in [6.45, 7) is 3.32. The molecule has 1 saturated carbocycles. The molecule has 1 aliphatic carbocycles. The van der Waals surface area contributed by atoms with Crippen molar-refractivity contribution < 1.29 is 8.42 Å². The van der Waals surface area contributed by atoms with Gasteiger partial charge in [-0.2, -0.15) is 0 Å². The third-order valence-corrected chi connectivity index (χ3v) is 6.61. The standard InChI is InChI=1S/C15H26N4O2S/c1-2-3-4-10-22(20,21)18-9-5-6-13(11-18)15-17-16-12-19(15)14-7-8-14/h12-14H,2-11H2,1H3/t13-/m0/s1. The monoisotopic (exact) mass is 326 g/mol. The fourth-order valence-corrected chi connectivity index (χ4v) is 4.89. The molecule has 0 unspecified atom stereocenters. The topological polar surface area (TPSA) is 68.1 Å². The zero-order valence-electron chi connectivity index (χ0n) is 13.3. The zero-order chi connectivity index (χ0) is 15.6. The van der Waals surface area contributed by atoms with Gasteiger partial charge >= 0.3 is 0 Å². The van der Waals surface area contributed by atoms with Crippen molar-refractivity contribution in [2.45, 2.75) is 63.8 Å². The Morgan fingerprint density at radius 1 is 1.27 bits per heavy atom. The van der Waals surface area contributed by atoms with E-state index >= 15 is 0 Å². The number of hydrogen-bond acceptors (Lipinski definition) is 4. The molecule has 22 heavy (non-hydrogen) atoms. The van der Waals surface area contributed by atoms with Crippen molar-refractivity contribution in [1.29, 1.82) is 0 Å². The molecule has 1 aliphatic heterocycles. The van der Waals surface area contributed by atoms with Gasteiger partial charge < -0.3 is 4.57 Å². The molecule has 1 aromatic heterocycles. The second-order valence-corrected chi connectivity index (χ2v) is 8.64. The third kappa shape index (κ3) is 3.51. The lowest BCUT2D eigenvalue weighted by Crippen LogP contribution is -2.40. The first-order valence-electron chi connectivity index (χ1n) is 8.49. The zero-order valence-corrected chi connectivity index (χ0v) is 14.1. The van der Waals surface area contributed by atoms with E-state index in [0.717, 1.165) is 37.9 Å². The van der Waals surface area contributed by atoms with Crippen molar-refractivity contribution in [3.05, 3.63) is 12.2 Å². The number of rotatable bonds is 7. The Hall–Kier alpha value is -0.950. The molecular weight excluding hydrogens is 300 g/mol. The number of sulfonamides is 1. The van der Waals surface area contributed by atoms with Gasteiger partial charge in [0, 0.05) is 25.0 Å². The molecule has 2 aliphatic rings. The summed E-state index contributed by atoms with van der Waals surface area (Å²) in [7, 11) is -3.12. The van der Waals surface area contributed by atoms with E-state index in [1.807, 2.05) is 6.33 Å². The van der Waals surface area contributed by atoms with E-state index in [4.69, 9.17) is 0 Å². The summed E-state index contributed by atoms with van der Waals surface area (Å²) >= 11 is 0. The molecule has 7 heteroatoms. The molecule has 0 N–H and O–H groups in total. The van der Waals surface area contributed by atoms with Crippen LogP contribution >= 0.6 is 0 Å². The van der Waals surface area contributed by atoms with E-state index in [2.05, 4.69) is 21.7 Å². The number of nitrogens with zero attached hydrogens (tertiary/aromatic N) is 4. The predicted octanol–water partition coefficient (Wildman–Crippen LogP) is 2.31. The number of aromatic nitrogens is 3. The van der Waals surface area contributed by atoms with Crippen LogP contribution < -0.4 is 0 Å². The molecule has 1 aromatic rings. The van der Waals surface area contributed by atoms with Crippen LogP contribution in [-0.2, 0) is 10.0 Å². The van der Waals surface area contributed by atoms with Gasteiger partial charge in [0.15, 0.2) is 0 Å². The Bertz CT molecular complexity index is 594. The summed E-state index contributed by atoms with van der Waals surface area (Å²) in [4.78, 5) is 0. The van der Waals surface area contributed by atoms with Gasteiger partial charge in [-0.05, 0) is 32.1 Å². The van der Waals surface area contributed by atoms with Gasteiger partial charge in [0.2, 0.25) is 10.0 Å². The van der Waals surface area contributed by atoms with E-state index in [9.17, 15) is 8.42 Å². The van der Waals surface area contributed by atoms with Crippen LogP contribution in [0.15, 0.2) is 6.33 Å². The smallest absolute Gasteiger partial charge is 0.214 e.